The Morgan fingerprint density at radius 2 is 2.17 bits per heavy atom. The Balaban J connectivity index is 2.07. The van der Waals surface area contributed by atoms with Crippen LogP contribution in [0.25, 0.3) is 0 Å². The molecule has 1 aromatic rings. The van der Waals surface area contributed by atoms with E-state index in [0.717, 1.165) is 31.8 Å². The Morgan fingerprint density at radius 1 is 1.44 bits per heavy atom. The molecule has 1 aliphatic rings. The smallest absolute Gasteiger partial charge is 0.356 e. The van der Waals surface area contributed by atoms with Crippen molar-refractivity contribution in [3.63, 3.8) is 0 Å². The lowest BCUT2D eigenvalue weighted by Gasteiger charge is -2.19. The molecule has 1 aromatic heterocycles. The Bertz CT molecular complexity index is 400. The number of nitrogens with zero attached hydrogens (tertiary/aromatic N) is 2. The molecule has 1 fully saturated rings. The number of rotatable bonds is 2. The Morgan fingerprint density at radius 3 is 2.61 bits per heavy atom. The number of nitrogens with two attached hydrogens (primary N) is 1. The quantitative estimate of drug-likeness (QED) is 0.886. The second-order valence-corrected chi connectivity index (χ2v) is 4.76. The fourth-order valence-electron chi connectivity index (χ4n) is 2.17. The van der Waals surface area contributed by atoms with Crippen molar-refractivity contribution in [2.45, 2.75) is 25.6 Å². The molecule has 0 bridgehead atoms. The molecule has 1 aliphatic heterocycles. The lowest BCUT2D eigenvalue weighted by atomic mass is 10.0. The Kier molecular flexibility index (Phi) is 3.47. The molecule has 0 aliphatic carbocycles. The Hall–Kier alpha value is -1.30. The van der Waals surface area contributed by atoms with E-state index in [1.807, 2.05) is 11.8 Å². The van der Waals surface area contributed by atoms with Gasteiger partial charge in [0, 0.05) is 25.3 Å². The van der Waals surface area contributed by atoms with Gasteiger partial charge in [-0.1, -0.05) is 0 Å². The van der Waals surface area contributed by atoms with Crippen LogP contribution in [-0.4, -0.2) is 24.1 Å². The maximum Gasteiger partial charge on any atom is 0.417 e. The molecule has 0 radical (unpaired) electrons. The highest BCUT2D eigenvalue weighted by atomic mass is 19.4. The van der Waals surface area contributed by atoms with Gasteiger partial charge in [0.15, 0.2) is 0 Å². The van der Waals surface area contributed by atoms with Crippen molar-refractivity contribution in [1.29, 1.82) is 0 Å². The third-order valence-corrected chi connectivity index (χ3v) is 3.37. The van der Waals surface area contributed by atoms with Crippen LogP contribution in [-0.2, 0) is 6.18 Å². The van der Waals surface area contributed by atoms with Gasteiger partial charge in [0.05, 0.1) is 5.56 Å². The number of pyridine rings is 1. The number of halogens is 3. The highest BCUT2D eigenvalue weighted by Crippen LogP contribution is 2.30. The van der Waals surface area contributed by atoms with E-state index in [2.05, 4.69) is 4.98 Å². The van der Waals surface area contributed by atoms with Crippen LogP contribution >= 0.6 is 0 Å². The summed E-state index contributed by atoms with van der Waals surface area (Å²) in [6, 6.07) is 2.60. The van der Waals surface area contributed by atoms with E-state index < -0.39 is 11.7 Å². The zero-order chi connectivity index (χ0) is 13.3. The van der Waals surface area contributed by atoms with Gasteiger partial charge in [-0.25, -0.2) is 4.98 Å². The van der Waals surface area contributed by atoms with Crippen molar-refractivity contribution in [2.75, 3.05) is 18.0 Å². The zero-order valence-electron chi connectivity index (χ0n) is 10.1. The number of aromatic nitrogens is 1. The largest absolute Gasteiger partial charge is 0.417 e. The lowest BCUT2D eigenvalue weighted by Crippen LogP contribution is -2.30. The van der Waals surface area contributed by atoms with Gasteiger partial charge in [0.2, 0.25) is 0 Å². The molecule has 100 valence electrons. The molecule has 0 saturated carbocycles. The second kappa shape index (κ2) is 4.76. The molecule has 2 heterocycles. The lowest BCUT2D eigenvalue weighted by molar-refractivity contribution is -0.137. The van der Waals surface area contributed by atoms with E-state index >= 15 is 0 Å². The average Bonchev–Trinajstić information content (AvgIpc) is 2.77. The summed E-state index contributed by atoms with van der Waals surface area (Å²) in [5.41, 5.74) is 5.11. The van der Waals surface area contributed by atoms with E-state index in [1.54, 1.807) is 0 Å². The van der Waals surface area contributed by atoms with Crippen LogP contribution in [0.3, 0.4) is 0 Å². The highest BCUT2D eigenvalue weighted by Gasteiger charge is 2.31. The monoisotopic (exact) mass is 259 g/mol. The van der Waals surface area contributed by atoms with Gasteiger partial charge in [-0.2, -0.15) is 13.2 Å². The van der Waals surface area contributed by atoms with Crippen molar-refractivity contribution in [3.8, 4) is 0 Å². The molecule has 6 heteroatoms. The topological polar surface area (TPSA) is 42.1 Å². The maximum atomic E-state index is 12.4. The van der Waals surface area contributed by atoms with Gasteiger partial charge in [-0.15, -0.1) is 0 Å². The van der Waals surface area contributed by atoms with Crippen LogP contribution in [0.1, 0.15) is 18.9 Å². The van der Waals surface area contributed by atoms with Gasteiger partial charge in [0.25, 0.3) is 0 Å². The summed E-state index contributed by atoms with van der Waals surface area (Å²) >= 11 is 0. The summed E-state index contributed by atoms with van der Waals surface area (Å²) < 4.78 is 37.2. The number of hydrogen-bond acceptors (Lipinski definition) is 3. The first kappa shape index (κ1) is 13.1. The first-order valence-corrected chi connectivity index (χ1v) is 5.91. The molecule has 2 unspecified atom stereocenters. The van der Waals surface area contributed by atoms with Crippen molar-refractivity contribution in [3.05, 3.63) is 23.9 Å². The standard InChI is InChI=1S/C12H16F3N3/c1-8(16)9-4-5-18(7-9)11-3-2-10(6-17-11)12(13,14)15/h2-3,6,8-9H,4-5,7,16H2,1H3. The first-order valence-electron chi connectivity index (χ1n) is 5.91. The van der Waals surface area contributed by atoms with Crippen LogP contribution in [0.4, 0.5) is 19.0 Å². The van der Waals surface area contributed by atoms with Crippen molar-refractivity contribution in [1.82, 2.24) is 4.98 Å². The van der Waals surface area contributed by atoms with Gasteiger partial charge in [0.1, 0.15) is 5.82 Å². The molecule has 0 spiro atoms. The molecule has 3 nitrogen and oxygen atoms in total. The van der Waals surface area contributed by atoms with Gasteiger partial charge in [-0.05, 0) is 31.4 Å². The predicted molar refractivity (Wildman–Crippen MR) is 63.2 cm³/mol. The predicted octanol–water partition coefficient (Wildman–Crippen LogP) is 2.27. The van der Waals surface area contributed by atoms with E-state index in [-0.39, 0.29) is 6.04 Å². The van der Waals surface area contributed by atoms with Crippen LogP contribution < -0.4 is 10.6 Å². The summed E-state index contributed by atoms with van der Waals surface area (Å²) in [5, 5.41) is 0. The van der Waals surface area contributed by atoms with Gasteiger partial charge in [-0.3, -0.25) is 0 Å². The van der Waals surface area contributed by atoms with E-state index in [9.17, 15) is 13.2 Å². The highest BCUT2D eigenvalue weighted by molar-refractivity contribution is 5.41. The fourth-order valence-corrected chi connectivity index (χ4v) is 2.17. The van der Waals surface area contributed by atoms with Crippen LogP contribution in [0.2, 0.25) is 0 Å². The molecule has 2 atom stereocenters. The van der Waals surface area contributed by atoms with E-state index in [1.165, 1.54) is 6.07 Å². The molecule has 2 rings (SSSR count). The Labute approximate surface area is 104 Å². The van der Waals surface area contributed by atoms with Crippen molar-refractivity contribution in [2.24, 2.45) is 11.7 Å². The summed E-state index contributed by atoms with van der Waals surface area (Å²) in [5.74, 6) is 0.972. The summed E-state index contributed by atoms with van der Waals surface area (Å²) in [6.07, 6.45) is -2.49. The molecule has 1 saturated heterocycles. The minimum Gasteiger partial charge on any atom is -0.356 e. The third-order valence-electron chi connectivity index (χ3n) is 3.37. The van der Waals surface area contributed by atoms with Gasteiger partial charge >= 0.3 is 6.18 Å². The van der Waals surface area contributed by atoms with Crippen LogP contribution in [0.5, 0.6) is 0 Å². The van der Waals surface area contributed by atoms with Crippen LogP contribution in [0.15, 0.2) is 18.3 Å². The van der Waals surface area contributed by atoms with Crippen molar-refractivity contribution >= 4 is 5.82 Å². The van der Waals surface area contributed by atoms with Crippen LogP contribution in [0, 0.1) is 5.92 Å². The third kappa shape index (κ3) is 2.75. The molecule has 0 amide bonds. The van der Waals surface area contributed by atoms with Gasteiger partial charge < -0.3 is 10.6 Å². The van der Waals surface area contributed by atoms with Crippen molar-refractivity contribution < 1.29 is 13.2 Å². The first-order chi connectivity index (χ1) is 8.38. The number of alkyl halides is 3. The molecule has 2 N–H and O–H groups in total. The van der Waals surface area contributed by atoms with E-state index in [4.69, 9.17) is 5.73 Å². The maximum absolute atomic E-state index is 12.4. The molecule has 0 aromatic carbocycles. The normalized spacial score (nSPS) is 22.3. The van der Waals surface area contributed by atoms with E-state index in [0.29, 0.717) is 11.7 Å². The minimum atomic E-state index is -4.33. The fraction of sp³-hybridized carbons (Fsp3) is 0.583. The second-order valence-electron chi connectivity index (χ2n) is 4.76. The molecular formula is C12H16F3N3. The SMILES string of the molecule is CC(N)C1CCN(c2ccc(C(F)(F)F)cn2)C1. The average molecular weight is 259 g/mol. The summed E-state index contributed by atoms with van der Waals surface area (Å²) in [7, 11) is 0. The molecular weight excluding hydrogens is 243 g/mol. The summed E-state index contributed by atoms with van der Waals surface area (Å²) in [4.78, 5) is 5.87. The number of anilines is 1. The summed E-state index contributed by atoms with van der Waals surface area (Å²) in [6.45, 7) is 3.51. The zero-order valence-corrected chi connectivity index (χ0v) is 10.1. The number of hydrogen-bond donors (Lipinski definition) is 1. The molecule has 18 heavy (non-hydrogen) atoms. The minimum absolute atomic E-state index is 0.101.